The van der Waals surface area contributed by atoms with Gasteiger partial charge in [0.05, 0.1) is 4.90 Å². The van der Waals surface area contributed by atoms with Crippen LogP contribution in [0.25, 0.3) is 0 Å². The molecule has 0 aliphatic rings. The Morgan fingerprint density at radius 2 is 1.90 bits per heavy atom. The van der Waals surface area contributed by atoms with E-state index >= 15 is 0 Å². The van der Waals surface area contributed by atoms with Crippen LogP contribution in [-0.2, 0) is 16.6 Å². The van der Waals surface area contributed by atoms with Gasteiger partial charge in [0.1, 0.15) is 0 Å². The van der Waals surface area contributed by atoms with Crippen molar-refractivity contribution < 1.29 is 8.42 Å². The molecule has 0 fully saturated rings. The quantitative estimate of drug-likeness (QED) is 0.749. The maximum absolute atomic E-state index is 12.6. The highest BCUT2D eigenvalue weighted by molar-refractivity contribution is 7.89. The standard InChI is InChI=1S/C15H24N2O2S/c1-5-11-17(13(3)4)20(18,19)15-9-7-14(8-10-15)12-16-6-2/h5,7-10,13,16H,1,6,11-12H2,2-4H3. The summed E-state index contributed by atoms with van der Waals surface area (Å²) in [7, 11) is -3.46. The van der Waals surface area contributed by atoms with Crippen LogP contribution >= 0.6 is 0 Å². The van der Waals surface area contributed by atoms with Crippen LogP contribution in [0.4, 0.5) is 0 Å². The lowest BCUT2D eigenvalue weighted by Crippen LogP contribution is -2.37. The molecule has 0 amide bonds. The molecule has 1 N–H and O–H groups in total. The number of benzene rings is 1. The van der Waals surface area contributed by atoms with Crippen molar-refractivity contribution >= 4 is 10.0 Å². The lowest BCUT2D eigenvalue weighted by Gasteiger charge is -2.24. The van der Waals surface area contributed by atoms with Crippen LogP contribution in [0.2, 0.25) is 0 Å². The van der Waals surface area contributed by atoms with Crippen molar-refractivity contribution in [2.45, 2.75) is 38.3 Å². The van der Waals surface area contributed by atoms with Crippen LogP contribution in [-0.4, -0.2) is 31.9 Å². The predicted molar refractivity (Wildman–Crippen MR) is 83.0 cm³/mol. The second-order valence-corrected chi connectivity index (χ2v) is 6.77. The molecule has 0 aromatic heterocycles. The van der Waals surface area contributed by atoms with E-state index in [0.717, 1.165) is 18.7 Å². The van der Waals surface area contributed by atoms with E-state index in [1.54, 1.807) is 18.2 Å². The normalized spacial score (nSPS) is 12.1. The van der Waals surface area contributed by atoms with E-state index < -0.39 is 10.0 Å². The summed E-state index contributed by atoms with van der Waals surface area (Å²) in [4.78, 5) is 0.327. The topological polar surface area (TPSA) is 49.4 Å². The van der Waals surface area contributed by atoms with Crippen molar-refractivity contribution in [3.8, 4) is 0 Å². The molecule has 4 nitrogen and oxygen atoms in total. The number of nitrogens with zero attached hydrogens (tertiary/aromatic N) is 1. The zero-order valence-electron chi connectivity index (χ0n) is 12.5. The van der Waals surface area contributed by atoms with Crippen molar-refractivity contribution in [3.05, 3.63) is 42.5 Å². The van der Waals surface area contributed by atoms with E-state index in [2.05, 4.69) is 11.9 Å². The lowest BCUT2D eigenvalue weighted by atomic mass is 10.2. The van der Waals surface area contributed by atoms with Gasteiger partial charge in [-0.1, -0.05) is 25.1 Å². The Labute approximate surface area is 122 Å². The second-order valence-electron chi connectivity index (χ2n) is 4.88. The molecule has 5 heteroatoms. The monoisotopic (exact) mass is 296 g/mol. The van der Waals surface area contributed by atoms with Gasteiger partial charge in [-0.15, -0.1) is 6.58 Å². The van der Waals surface area contributed by atoms with Gasteiger partial charge in [0, 0.05) is 19.1 Å². The second kappa shape index (κ2) is 7.57. The molecule has 0 saturated carbocycles. The van der Waals surface area contributed by atoms with E-state index in [1.165, 1.54) is 4.31 Å². The molecule has 0 saturated heterocycles. The number of hydrogen-bond acceptors (Lipinski definition) is 3. The van der Waals surface area contributed by atoms with Gasteiger partial charge in [0.2, 0.25) is 10.0 Å². The average Bonchev–Trinajstić information content (AvgIpc) is 2.42. The number of nitrogens with one attached hydrogen (secondary N) is 1. The van der Waals surface area contributed by atoms with Crippen molar-refractivity contribution in [2.24, 2.45) is 0 Å². The van der Waals surface area contributed by atoms with Gasteiger partial charge in [-0.25, -0.2) is 8.42 Å². The van der Waals surface area contributed by atoms with Gasteiger partial charge in [0.25, 0.3) is 0 Å². The van der Waals surface area contributed by atoms with E-state index in [0.29, 0.717) is 11.4 Å². The van der Waals surface area contributed by atoms with Gasteiger partial charge >= 0.3 is 0 Å². The Kier molecular flexibility index (Phi) is 6.39. The minimum Gasteiger partial charge on any atom is -0.313 e. The molecule has 20 heavy (non-hydrogen) atoms. The van der Waals surface area contributed by atoms with E-state index in [9.17, 15) is 8.42 Å². The summed E-state index contributed by atoms with van der Waals surface area (Å²) in [5.41, 5.74) is 1.07. The molecule has 1 aromatic rings. The first-order valence-electron chi connectivity index (χ1n) is 6.85. The Morgan fingerprint density at radius 3 is 2.35 bits per heavy atom. The maximum atomic E-state index is 12.6. The Morgan fingerprint density at radius 1 is 1.30 bits per heavy atom. The summed E-state index contributed by atoms with van der Waals surface area (Å²) in [6.45, 7) is 11.3. The van der Waals surface area contributed by atoms with E-state index in [4.69, 9.17) is 0 Å². The predicted octanol–water partition coefficient (Wildman–Crippen LogP) is 2.38. The summed E-state index contributed by atoms with van der Waals surface area (Å²) in [6.07, 6.45) is 1.61. The van der Waals surface area contributed by atoms with Gasteiger partial charge in [-0.3, -0.25) is 0 Å². The average molecular weight is 296 g/mol. The van der Waals surface area contributed by atoms with Crippen LogP contribution in [0.1, 0.15) is 26.3 Å². The number of sulfonamides is 1. The van der Waals surface area contributed by atoms with Crippen LogP contribution in [0, 0.1) is 0 Å². The fraction of sp³-hybridized carbons (Fsp3) is 0.467. The fourth-order valence-electron chi connectivity index (χ4n) is 1.90. The molecule has 0 heterocycles. The SMILES string of the molecule is C=CCN(C(C)C)S(=O)(=O)c1ccc(CNCC)cc1. The molecule has 1 aromatic carbocycles. The van der Waals surface area contributed by atoms with Crippen molar-refractivity contribution in [1.29, 1.82) is 0 Å². The number of rotatable bonds is 8. The molecular weight excluding hydrogens is 272 g/mol. The molecule has 112 valence electrons. The molecule has 1 rings (SSSR count). The third-order valence-corrected chi connectivity index (χ3v) is 5.05. The summed E-state index contributed by atoms with van der Waals surface area (Å²) >= 11 is 0. The van der Waals surface area contributed by atoms with Crippen molar-refractivity contribution in [1.82, 2.24) is 9.62 Å². The zero-order chi connectivity index (χ0) is 15.2. The molecule has 0 aliphatic carbocycles. The van der Waals surface area contributed by atoms with Crippen LogP contribution < -0.4 is 5.32 Å². The summed E-state index contributed by atoms with van der Waals surface area (Å²) in [5, 5.41) is 3.21. The molecule has 0 radical (unpaired) electrons. The molecule has 0 unspecified atom stereocenters. The first-order chi connectivity index (χ1) is 9.43. The largest absolute Gasteiger partial charge is 0.313 e. The summed E-state index contributed by atoms with van der Waals surface area (Å²) < 4.78 is 26.5. The van der Waals surface area contributed by atoms with Crippen LogP contribution in [0.5, 0.6) is 0 Å². The van der Waals surface area contributed by atoms with Gasteiger partial charge in [-0.05, 0) is 38.1 Å². The van der Waals surface area contributed by atoms with Crippen LogP contribution in [0.3, 0.4) is 0 Å². The third-order valence-electron chi connectivity index (χ3n) is 2.99. The lowest BCUT2D eigenvalue weighted by molar-refractivity contribution is 0.383. The highest BCUT2D eigenvalue weighted by Gasteiger charge is 2.25. The smallest absolute Gasteiger partial charge is 0.243 e. The zero-order valence-corrected chi connectivity index (χ0v) is 13.3. The highest BCUT2D eigenvalue weighted by atomic mass is 32.2. The van der Waals surface area contributed by atoms with Crippen molar-refractivity contribution in [3.63, 3.8) is 0 Å². The summed E-state index contributed by atoms with van der Waals surface area (Å²) in [5.74, 6) is 0. The Hall–Kier alpha value is -1.17. The highest BCUT2D eigenvalue weighted by Crippen LogP contribution is 2.18. The first-order valence-corrected chi connectivity index (χ1v) is 8.29. The molecule has 0 bridgehead atoms. The number of hydrogen-bond donors (Lipinski definition) is 1. The Balaban J connectivity index is 2.99. The fourth-order valence-corrected chi connectivity index (χ4v) is 3.51. The minimum atomic E-state index is -3.46. The van der Waals surface area contributed by atoms with Gasteiger partial charge in [-0.2, -0.15) is 4.31 Å². The van der Waals surface area contributed by atoms with E-state index in [-0.39, 0.29) is 6.04 Å². The summed E-state index contributed by atoms with van der Waals surface area (Å²) in [6, 6.07) is 6.93. The Bertz CT molecular complexity index is 521. The molecule has 0 atom stereocenters. The van der Waals surface area contributed by atoms with E-state index in [1.807, 2.05) is 32.9 Å². The molecule has 0 aliphatic heterocycles. The van der Waals surface area contributed by atoms with Gasteiger partial charge in [0.15, 0.2) is 0 Å². The third kappa shape index (κ3) is 4.16. The maximum Gasteiger partial charge on any atom is 0.243 e. The van der Waals surface area contributed by atoms with Gasteiger partial charge < -0.3 is 5.32 Å². The minimum absolute atomic E-state index is 0.0977. The molecular formula is C15H24N2O2S. The van der Waals surface area contributed by atoms with Crippen LogP contribution in [0.15, 0.2) is 41.8 Å². The van der Waals surface area contributed by atoms with Crippen molar-refractivity contribution in [2.75, 3.05) is 13.1 Å². The first kappa shape index (κ1) is 16.9. The molecule has 0 spiro atoms.